The predicted molar refractivity (Wildman–Crippen MR) is 216 cm³/mol. The van der Waals surface area contributed by atoms with Crippen molar-refractivity contribution in [1.29, 1.82) is 0 Å². The Balaban J connectivity index is 1.17. The Labute approximate surface area is 302 Å². The van der Waals surface area contributed by atoms with Crippen molar-refractivity contribution in [1.82, 2.24) is 23.9 Å². The van der Waals surface area contributed by atoms with Gasteiger partial charge in [-0.05, 0) is 66.7 Å². The van der Waals surface area contributed by atoms with Crippen LogP contribution < -0.4 is 0 Å². The summed E-state index contributed by atoms with van der Waals surface area (Å²) in [5.41, 5.74) is 8.85. The van der Waals surface area contributed by atoms with E-state index < -0.39 is 0 Å². The van der Waals surface area contributed by atoms with Crippen LogP contribution in [-0.2, 0) is 0 Å². The highest BCUT2D eigenvalue weighted by molar-refractivity contribution is 7.25. The molecule has 0 aliphatic heterocycles. The molecule has 0 amide bonds. The van der Waals surface area contributed by atoms with Crippen LogP contribution in [0.3, 0.4) is 0 Å². The van der Waals surface area contributed by atoms with E-state index in [0.717, 1.165) is 39.8 Å². The standard InChI is InChI=1S/C46H29N5S/c1-4-12-30(13-5-1)45-47-48-46(31-14-6-2-7-15-31)51(45)34-22-20-33(21-23-34)50-41-29-43-39(35-18-10-11-19-42(35)52-43)28-38(41)36-24-25-40-37(44(36)50)26-27-49(40)32-16-8-3-9-17-32/h1-29H. The van der Waals surface area contributed by atoms with Crippen molar-refractivity contribution in [2.24, 2.45) is 0 Å². The van der Waals surface area contributed by atoms with Crippen LogP contribution in [0, 0.1) is 0 Å². The van der Waals surface area contributed by atoms with Crippen molar-refractivity contribution in [3.63, 3.8) is 0 Å². The molecule has 0 bridgehead atoms. The monoisotopic (exact) mass is 683 g/mol. The Morgan fingerprint density at radius 3 is 1.69 bits per heavy atom. The quantitative estimate of drug-likeness (QED) is 0.181. The first-order valence-electron chi connectivity index (χ1n) is 17.4. The van der Waals surface area contributed by atoms with E-state index in [-0.39, 0.29) is 0 Å². The van der Waals surface area contributed by atoms with E-state index in [1.54, 1.807) is 0 Å². The van der Waals surface area contributed by atoms with E-state index in [1.165, 1.54) is 52.9 Å². The van der Waals surface area contributed by atoms with Crippen LogP contribution in [0.2, 0.25) is 0 Å². The van der Waals surface area contributed by atoms with E-state index in [4.69, 9.17) is 10.2 Å². The molecule has 0 unspecified atom stereocenters. The summed E-state index contributed by atoms with van der Waals surface area (Å²) < 4.78 is 9.51. The first-order valence-corrected chi connectivity index (χ1v) is 18.2. The molecule has 0 N–H and O–H groups in total. The van der Waals surface area contributed by atoms with Gasteiger partial charge in [-0.3, -0.25) is 4.57 Å². The van der Waals surface area contributed by atoms with Gasteiger partial charge in [0, 0.05) is 70.7 Å². The van der Waals surface area contributed by atoms with Crippen LogP contribution in [0.25, 0.3) is 92.7 Å². The molecule has 11 aromatic rings. The second-order valence-corrected chi connectivity index (χ2v) is 14.2. The summed E-state index contributed by atoms with van der Waals surface area (Å²) in [6.45, 7) is 0. The van der Waals surface area contributed by atoms with Crippen LogP contribution in [0.5, 0.6) is 0 Å². The Hall–Kier alpha value is -6.76. The van der Waals surface area contributed by atoms with Crippen molar-refractivity contribution >= 4 is 64.2 Å². The molecule has 4 heterocycles. The molecule has 0 atom stereocenters. The Kier molecular flexibility index (Phi) is 6.35. The number of hydrogen-bond donors (Lipinski definition) is 0. The fourth-order valence-electron chi connectivity index (χ4n) is 7.85. The van der Waals surface area contributed by atoms with Crippen molar-refractivity contribution in [2.45, 2.75) is 0 Å². The molecule has 0 fully saturated rings. The van der Waals surface area contributed by atoms with Crippen molar-refractivity contribution in [2.75, 3.05) is 0 Å². The third-order valence-electron chi connectivity index (χ3n) is 10.2. The van der Waals surface area contributed by atoms with Crippen LogP contribution in [-0.4, -0.2) is 23.9 Å². The largest absolute Gasteiger partial charge is 0.316 e. The fraction of sp³-hybridized carbons (Fsp3) is 0. The zero-order valence-corrected chi connectivity index (χ0v) is 28.7. The van der Waals surface area contributed by atoms with E-state index in [9.17, 15) is 0 Å². The minimum atomic E-state index is 0.806. The highest BCUT2D eigenvalue weighted by Crippen LogP contribution is 2.43. The fourth-order valence-corrected chi connectivity index (χ4v) is 8.97. The van der Waals surface area contributed by atoms with Gasteiger partial charge in [0.25, 0.3) is 0 Å². The normalized spacial score (nSPS) is 11.8. The third-order valence-corrected chi connectivity index (χ3v) is 11.4. The lowest BCUT2D eigenvalue weighted by atomic mass is 10.1. The molecule has 52 heavy (non-hydrogen) atoms. The first-order chi connectivity index (χ1) is 25.8. The van der Waals surface area contributed by atoms with Gasteiger partial charge in [0.15, 0.2) is 11.6 Å². The minimum absolute atomic E-state index is 0.806. The third kappa shape index (κ3) is 4.35. The maximum Gasteiger partial charge on any atom is 0.168 e. The molecule has 6 heteroatoms. The zero-order chi connectivity index (χ0) is 34.2. The molecule has 5 nitrogen and oxygen atoms in total. The van der Waals surface area contributed by atoms with Crippen molar-refractivity contribution in [3.8, 4) is 39.8 Å². The SMILES string of the molecule is c1ccc(-c2nnc(-c3ccccc3)n2-c2ccc(-n3c4cc5sc6ccccc6c5cc4c4ccc5c(ccn5-c5ccccc5)c43)cc2)cc1. The number of aromatic nitrogens is 5. The predicted octanol–water partition coefficient (Wildman–Crippen LogP) is 12.0. The van der Waals surface area contributed by atoms with Gasteiger partial charge in [-0.1, -0.05) is 103 Å². The van der Waals surface area contributed by atoms with Crippen LogP contribution >= 0.6 is 11.3 Å². The topological polar surface area (TPSA) is 40.6 Å². The molecule has 244 valence electrons. The number of benzene rings is 7. The maximum absolute atomic E-state index is 4.71. The zero-order valence-electron chi connectivity index (χ0n) is 27.9. The van der Waals surface area contributed by atoms with Crippen LogP contribution in [0.4, 0.5) is 0 Å². The van der Waals surface area contributed by atoms with Crippen LogP contribution in [0.15, 0.2) is 176 Å². The lowest BCUT2D eigenvalue weighted by molar-refractivity contribution is 1.07. The molecule has 11 rings (SSSR count). The molecular formula is C46H29N5S. The van der Waals surface area contributed by atoms with Gasteiger partial charge < -0.3 is 9.13 Å². The molecule has 4 aromatic heterocycles. The molecule has 0 aliphatic carbocycles. The van der Waals surface area contributed by atoms with Gasteiger partial charge in [0.05, 0.1) is 16.6 Å². The average Bonchev–Trinajstić information content (AvgIpc) is 4.00. The molecule has 0 saturated heterocycles. The number of para-hydroxylation sites is 1. The summed E-state index contributed by atoms with van der Waals surface area (Å²) in [6, 6.07) is 60.4. The lowest BCUT2D eigenvalue weighted by Gasteiger charge is -2.14. The maximum atomic E-state index is 4.71. The second-order valence-electron chi connectivity index (χ2n) is 13.1. The number of rotatable bonds is 5. The summed E-state index contributed by atoms with van der Waals surface area (Å²) >= 11 is 1.86. The number of nitrogens with zero attached hydrogens (tertiary/aromatic N) is 5. The molecule has 0 aliphatic rings. The van der Waals surface area contributed by atoms with Gasteiger partial charge in [-0.2, -0.15) is 0 Å². The van der Waals surface area contributed by atoms with Gasteiger partial charge in [-0.15, -0.1) is 21.5 Å². The van der Waals surface area contributed by atoms with Crippen molar-refractivity contribution in [3.05, 3.63) is 176 Å². The van der Waals surface area contributed by atoms with E-state index in [0.29, 0.717) is 0 Å². The Bertz CT molecular complexity index is 3040. The molecular weight excluding hydrogens is 655 g/mol. The Morgan fingerprint density at radius 1 is 0.385 bits per heavy atom. The van der Waals surface area contributed by atoms with E-state index in [1.807, 2.05) is 47.7 Å². The van der Waals surface area contributed by atoms with E-state index >= 15 is 0 Å². The summed E-state index contributed by atoms with van der Waals surface area (Å²) in [5.74, 6) is 1.61. The van der Waals surface area contributed by atoms with Crippen molar-refractivity contribution < 1.29 is 0 Å². The van der Waals surface area contributed by atoms with Crippen LogP contribution in [0.1, 0.15) is 0 Å². The highest BCUT2D eigenvalue weighted by atomic mass is 32.1. The second kappa shape index (κ2) is 11.4. The van der Waals surface area contributed by atoms with Gasteiger partial charge >= 0.3 is 0 Å². The lowest BCUT2D eigenvalue weighted by Crippen LogP contribution is -2.01. The minimum Gasteiger partial charge on any atom is -0.316 e. The van der Waals surface area contributed by atoms with Gasteiger partial charge in [0.2, 0.25) is 0 Å². The number of thiophene rings is 1. The summed E-state index contributed by atoms with van der Waals surface area (Å²) in [6.07, 6.45) is 2.19. The summed E-state index contributed by atoms with van der Waals surface area (Å²) in [4.78, 5) is 0. The smallest absolute Gasteiger partial charge is 0.168 e. The van der Waals surface area contributed by atoms with E-state index in [2.05, 4.69) is 153 Å². The highest BCUT2D eigenvalue weighted by Gasteiger charge is 2.21. The molecule has 7 aromatic carbocycles. The number of fused-ring (bicyclic) bond motifs is 8. The summed E-state index contributed by atoms with van der Waals surface area (Å²) in [7, 11) is 0. The van der Waals surface area contributed by atoms with Gasteiger partial charge in [0.1, 0.15) is 0 Å². The van der Waals surface area contributed by atoms with Gasteiger partial charge in [-0.25, -0.2) is 0 Å². The molecule has 0 saturated carbocycles. The summed E-state index contributed by atoms with van der Waals surface area (Å²) in [5, 5.41) is 15.7. The molecule has 0 spiro atoms. The Morgan fingerprint density at radius 2 is 1.00 bits per heavy atom. The number of hydrogen-bond acceptors (Lipinski definition) is 3. The first kappa shape index (κ1) is 29.0. The average molecular weight is 684 g/mol. The molecule has 0 radical (unpaired) electrons.